The summed E-state index contributed by atoms with van der Waals surface area (Å²) in [4.78, 5) is 11.9. The molecular formula is C19H27F3N2O4S. The first kappa shape index (κ1) is 23.5. The number of sulfonamides is 1. The van der Waals surface area contributed by atoms with Gasteiger partial charge in [-0.2, -0.15) is 17.5 Å². The third-order valence-electron chi connectivity index (χ3n) is 4.41. The molecular weight excluding hydrogens is 409 g/mol. The Hall–Kier alpha value is -1.81. The van der Waals surface area contributed by atoms with Crippen LogP contribution in [0.3, 0.4) is 0 Å². The number of nitrogens with one attached hydrogen (secondary N) is 1. The van der Waals surface area contributed by atoms with E-state index in [2.05, 4.69) is 5.32 Å². The normalized spacial score (nSPS) is 19.0. The summed E-state index contributed by atoms with van der Waals surface area (Å²) in [7, 11) is -3.86. The molecule has 1 aromatic carbocycles. The molecule has 0 radical (unpaired) electrons. The Balaban J connectivity index is 2.09. The van der Waals surface area contributed by atoms with Crippen molar-refractivity contribution in [3.63, 3.8) is 0 Å². The number of rotatable bonds is 5. The average molecular weight is 436 g/mol. The Kier molecular flexibility index (Phi) is 7.21. The van der Waals surface area contributed by atoms with E-state index >= 15 is 0 Å². The molecule has 1 aliphatic rings. The number of benzene rings is 1. The Morgan fingerprint density at radius 1 is 1.24 bits per heavy atom. The first-order valence-electron chi connectivity index (χ1n) is 9.40. The minimum atomic E-state index is -4.54. The number of ether oxygens (including phenoxy) is 1. The number of amides is 1. The number of nitrogens with zero attached hydrogens (tertiary/aromatic N) is 1. The topological polar surface area (TPSA) is 75.7 Å². The van der Waals surface area contributed by atoms with Crippen LogP contribution in [0, 0.1) is 0 Å². The van der Waals surface area contributed by atoms with Gasteiger partial charge in [-0.05, 0) is 45.2 Å². The molecule has 0 bridgehead atoms. The van der Waals surface area contributed by atoms with Crippen molar-refractivity contribution < 1.29 is 31.1 Å². The van der Waals surface area contributed by atoms with Gasteiger partial charge in [0.05, 0.1) is 11.3 Å². The molecule has 10 heteroatoms. The van der Waals surface area contributed by atoms with Crippen molar-refractivity contribution in [1.29, 1.82) is 0 Å². The minimum absolute atomic E-state index is 0.0734. The molecule has 1 amide bonds. The third-order valence-corrected chi connectivity index (χ3v) is 6.31. The van der Waals surface area contributed by atoms with Gasteiger partial charge in [0.1, 0.15) is 5.60 Å². The number of hydrogen-bond donors (Lipinski definition) is 1. The summed E-state index contributed by atoms with van der Waals surface area (Å²) in [6.45, 7) is 5.51. The Labute approximate surface area is 169 Å². The molecule has 1 saturated heterocycles. The molecule has 1 atom stereocenters. The molecule has 0 aromatic heterocycles. The summed E-state index contributed by atoms with van der Waals surface area (Å²) in [5.74, 6) is -0.528. The molecule has 0 saturated carbocycles. The first-order chi connectivity index (χ1) is 13.3. The van der Waals surface area contributed by atoms with Crippen LogP contribution in [0.15, 0.2) is 24.3 Å². The van der Waals surface area contributed by atoms with Crippen LogP contribution in [0.4, 0.5) is 18.0 Å². The van der Waals surface area contributed by atoms with Crippen LogP contribution in [-0.2, 0) is 26.7 Å². The van der Waals surface area contributed by atoms with Crippen molar-refractivity contribution >= 4 is 16.1 Å². The standard InChI is InChI=1S/C19H27F3N2O4S/c1-18(2,3)28-17(25)23-12-16-9-4-5-10-24(16)29(26,27)13-14-7-6-8-15(11-14)19(20,21)22/h6-8,11,16H,4-5,9-10,12-13H2,1-3H3,(H,23,25). The summed E-state index contributed by atoms with van der Waals surface area (Å²) < 4.78 is 70.9. The number of alkyl carbamates (subject to hydrolysis) is 1. The second-order valence-electron chi connectivity index (χ2n) is 8.10. The fraction of sp³-hybridized carbons (Fsp3) is 0.632. The average Bonchev–Trinajstić information content (AvgIpc) is 2.58. The summed E-state index contributed by atoms with van der Waals surface area (Å²) >= 11 is 0. The Bertz CT molecular complexity index is 819. The monoisotopic (exact) mass is 436 g/mol. The van der Waals surface area contributed by atoms with Crippen LogP contribution in [0.2, 0.25) is 0 Å². The molecule has 1 heterocycles. The maximum absolute atomic E-state index is 12.9. The number of halogens is 3. The predicted molar refractivity (Wildman–Crippen MR) is 103 cm³/mol. The second-order valence-corrected chi connectivity index (χ2v) is 10.0. The van der Waals surface area contributed by atoms with E-state index in [0.717, 1.165) is 18.6 Å². The smallest absolute Gasteiger partial charge is 0.416 e. The zero-order valence-corrected chi connectivity index (χ0v) is 17.6. The molecule has 0 spiro atoms. The van der Waals surface area contributed by atoms with Crippen molar-refractivity contribution in [1.82, 2.24) is 9.62 Å². The van der Waals surface area contributed by atoms with Crippen LogP contribution in [0.25, 0.3) is 0 Å². The SMILES string of the molecule is CC(C)(C)OC(=O)NCC1CCCCN1S(=O)(=O)Cc1cccc(C(F)(F)F)c1. The molecule has 1 aliphatic heterocycles. The van der Waals surface area contributed by atoms with Gasteiger partial charge in [0, 0.05) is 19.1 Å². The molecule has 1 aromatic rings. The van der Waals surface area contributed by atoms with Gasteiger partial charge in [-0.3, -0.25) is 0 Å². The molecule has 29 heavy (non-hydrogen) atoms. The van der Waals surface area contributed by atoms with Crippen LogP contribution in [0.1, 0.15) is 51.2 Å². The van der Waals surface area contributed by atoms with Crippen LogP contribution >= 0.6 is 0 Å². The summed E-state index contributed by atoms with van der Waals surface area (Å²) in [5, 5.41) is 2.59. The maximum atomic E-state index is 12.9. The van der Waals surface area contributed by atoms with Crippen LogP contribution in [0.5, 0.6) is 0 Å². The maximum Gasteiger partial charge on any atom is 0.416 e. The van der Waals surface area contributed by atoms with Crippen molar-refractivity contribution in [2.24, 2.45) is 0 Å². The molecule has 1 unspecified atom stereocenters. The van der Waals surface area contributed by atoms with Gasteiger partial charge in [0.2, 0.25) is 10.0 Å². The lowest BCUT2D eigenvalue weighted by molar-refractivity contribution is -0.137. The van der Waals surface area contributed by atoms with Gasteiger partial charge in [-0.1, -0.05) is 24.6 Å². The molecule has 1 N–H and O–H groups in total. The van der Waals surface area contributed by atoms with Crippen molar-refractivity contribution in [2.75, 3.05) is 13.1 Å². The zero-order valence-electron chi connectivity index (χ0n) is 16.8. The Morgan fingerprint density at radius 2 is 1.93 bits per heavy atom. The highest BCUT2D eigenvalue weighted by Gasteiger charge is 2.34. The largest absolute Gasteiger partial charge is 0.444 e. The van der Waals surface area contributed by atoms with E-state index in [0.29, 0.717) is 12.8 Å². The van der Waals surface area contributed by atoms with Gasteiger partial charge in [0.25, 0.3) is 0 Å². The fourth-order valence-electron chi connectivity index (χ4n) is 3.19. The molecule has 164 valence electrons. The van der Waals surface area contributed by atoms with Crippen molar-refractivity contribution in [3.8, 4) is 0 Å². The number of hydrogen-bond acceptors (Lipinski definition) is 4. The van der Waals surface area contributed by atoms with E-state index < -0.39 is 45.3 Å². The van der Waals surface area contributed by atoms with E-state index in [1.165, 1.54) is 16.4 Å². The lowest BCUT2D eigenvalue weighted by atomic mass is 10.1. The predicted octanol–water partition coefficient (Wildman–Crippen LogP) is 3.91. The van der Waals surface area contributed by atoms with Gasteiger partial charge in [-0.25, -0.2) is 13.2 Å². The molecule has 6 nitrogen and oxygen atoms in total. The lowest BCUT2D eigenvalue weighted by Crippen LogP contribution is -2.50. The fourth-order valence-corrected chi connectivity index (χ4v) is 5.00. The van der Waals surface area contributed by atoms with E-state index in [9.17, 15) is 26.4 Å². The Morgan fingerprint density at radius 3 is 2.55 bits per heavy atom. The van der Waals surface area contributed by atoms with Gasteiger partial charge >= 0.3 is 12.3 Å². The quantitative estimate of drug-likeness (QED) is 0.759. The molecule has 2 rings (SSSR count). The highest BCUT2D eigenvalue weighted by Crippen LogP contribution is 2.30. The zero-order chi connectivity index (χ0) is 21.9. The minimum Gasteiger partial charge on any atom is -0.444 e. The van der Waals surface area contributed by atoms with E-state index in [1.807, 2.05) is 0 Å². The highest BCUT2D eigenvalue weighted by atomic mass is 32.2. The summed E-state index contributed by atoms with van der Waals surface area (Å²) in [6.07, 6.45) is -3.16. The van der Waals surface area contributed by atoms with E-state index in [4.69, 9.17) is 4.74 Å². The van der Waals surface area contributed by atoms with Crippen molar-refractivity contribution in [2.45, 2.75) is 63.6 Å². The third kappa shape index (κ3) is 7.18. The molecule has 0 aliphatic carbocycles. The first-order valence-corrected chi connectivity index (χ1v) is 11.0. The number of alkyl halides is 3. The second kappa shape index (κ2) is 8.91. The summed E-state index contributed by atoms with van der Waals surface area (Å²) in [5.41, 5.74) is -1.48. The highest BCUT2D eigenvalue weighted by molar-refractivity contribution is 7.88. The van der Waals surface area contributed by atoms with Crippen LogP contribution < -0.4 is 5.32 Å². The number of carbonyl (C=O) groups excluding carboxylic acids is 1. The van der Waals surface area contributed by atoms with Crippen LogP contribution in [-0.4, -0.2) is 43.5 Å². The number of piperidine rings is 1. The van der Waals surface area contributed by atoms with E-state index in [-0.39, 0.29) is 18.7 Å². The van der Waals surface area contributed by atoms with Gasteiger partial charge in [-0.15, -0.1) is 0 Å². The molecule has 1 fully saturated rings. The van der Waals surface area contributed by atoms with Crippen molar-refractivity contribution in [3.05, 3.63) is 35.4 Å². The van der Waals surface area contributed by atoms with E-state index in [1.54, 1.807) is 20.8 Å². The number of carbonyl (C=O) groups is 1. The summed E-state index contributed by atoms with van der Waals surface area (Å²) in [6, 6.07) is 3.86. The lowest BCUT2D eigenvalue weighted by Gasteiger charge is -2.35. The van der Waals surface area contributed by atoms with Gasteiger partial charge in [0.15, 0.2) is 0 Å². The van der Waals surface area contributed by atoms with Gasteiger partial charge < -0.3 is 10.1 Å².